The van der Waals surface area contributed by atoms with Crippen molar-refractivity contribution in [1.82, 2.24) is 15.3 Å². The van der Waals surface area contributed by atoms with Crippen molar-refractivity contribution < 1.29 is 37.5 Å². The number of hydrogen-bond donors (Lipinski definition) is 4. The average molecular weight is 655 g/mol. The topological polar surface area (TPSA) is 203 Å². The number of carboxylic acids is 1. The lowest BCUT2D eigenvalue weighted by Gasteiger charge is -2.41. The molecule has 246 valence electrons. The molecule has 0 aliphatic carbocycles. The Morgan fingerprint density at radius 1 is 1.02 bits per heavy atom. The molecular formula is C31H38N6O8S. The quantitative estimate of drug-likeness (QED) is 0.220. The van der Waals surface area contributed by atoms with E-state index < -0.39 is 44.4 Å². The van der Waals surface area contributed by atoms with Crippen molar-refractivity contribution in [1.29, 1.82) is 0 Å². The highest BCUT2D eigenvalue weighted by molar-refractivity contribution is 7.93. The van der Waals surface area contributed by atoms with Crippen LogP contribution < -0.4 is 26.2 Å². The minimum Gasteiger partial charge on any atom is -0.495 e. The Hall–Kier alpha value is -4.76. The number of rotatable bonds is 11. The molecule has 2 aromatic carbocycles. The van der Waals surface area contributed by atoms with Crippen molar-refractivity contribution in [3.63, 3.8) is 0 Å². The van der Waals surface area contributed by atoms with Gasteiger partial charge in [-0.1, -0.05) is 20.8 Å². The van der Waals surface area contributed by atoms with Gasteiger partial charge in [-0.3, -0.25) is 4.79 Å². The largest absolute Gasteiger partial charge is 0.495 e. The van der Waals surface area contributed by atoms with Gasteiger partial charge >= 0.3 is 11.9 Å². The number of ether oxygens (including phenoxy) is 1. The molecule has 14 nitrogen and oxygen atoms in total. The van der Waals surface area contributed by atoms with E-state index in [1.807, 2.05) is 0 Å². The van der Waals surface area contributed by atoms with Gasteiger partial charge in [-0.25, -0.2) is 28.0 Å². The van der Waals surface area contributed by atoms with Gasteiger partial charge in [-0.2, -0.15) is 5.90 Å². The number of nitrogens with two attached hydrogens (primary N) is 1. The Labute approximate surface area is 267 Å². The van der Waals surface area contributed by atoms with E-state index >= 15 is 0 Å². The molecule has 1 aliphatic rings. The smallest absolute Gasteiger partial charge is 0.348 e. The Bertz CT molecular complexity index is 1670. The van der Waals surface area contributed by atoms with Crippen LogP contribution in [0.15, 0.2) is 65.8 Å². The number of carbonyl (C=O) groups excluding carboxylic acids is 2. The second kappa shape index (κ2) is 13.7. The summed E-state index contributed by atoms with van der Waals surface area (Å²) in [5, 5.41) is 15.2. The van der Waals surface area contributed by atoms with Gasteiger partial charge in [0.05, 0.1) is 23.3 Å². The van der Waals surface area contributed by atoms with Crippen LogP contribution in [0.4, 0.5) is 11.6 Å². The maximum atomic E-state index is 14.1. The third-order valence-electron chi connectivity index (χ3n) is 8.19. The van der Waals surface area contributed by atoms with Crippen molar-refractivity contribution in [2.24, 2.45) is 11.3 Å². The van der Waals surface area contributed by atoms with Gasteiger partial charge in [-0.05, 0) is 66.8 Å². The van der Waals surface area contributed by atoms with E-state index in [2.05, 4.69) is 30.3 Å². The summed E-state index contributed by atoms with van der Waals surface area (Å²) in [7, 11) is -3.13. The fourth-order valence-electron chi connectivity index (χ4n) is 5.53. The minimum absolute atomic E-state index is 0.143. The highest BCUT2D eigenvalue weighted by atomic mass is 32.2. The summed E-state index contributed by atoms with van der Waals surface area (Å²) in [5.41, 5.74) is -0.534. The van der Waals surface area contributed by atoms with Crippen molar-refractivity contribution in [3.05, 3.63) is 72.1 Å². The molecule has 15 heteroatoms. The number of benzene rings is 2. The number of aromatic nitrogens is 2. The summed E-state index contributed by atoms with van der Waals surface area (Å²) in [4.78, 5) is 52.8. The SMILES string of the molecule is COc1cc(C(=O)NC[C@](C(=O)ON)(C(C)(C)C)S(=O)(=O)c2ccc(C(=O)O)cc2)ccc1N1CCC(Nc2ncccn2)CC1. The molecule has 1 fully saturated rings. The summed E-state index contributed by atoms with van der Waals surface area (Å²) < 4.78 is 31.4. The monoisotopic (exact) mass is 654 g/mol. The van der Waals surface area contributed by atoms with E-state index in [4.69, 9.17) is 10.6 Å². The summed E-state index contributed by atoms with van der Waals surface area (Å²) in [6.45, 7) is 5.25. The summed E-state index contributed by atoms with van der Waals surface area (Å²) in [6.07, 6.45) is 5.01. The van der Waals surface area contributed by atoms with Crippen molar-refractivity contribution in [2.45, 2.75) is 49.3 Å². The zero-order valence-corrected chi connectivity index (χ0v) is 26.8. The summed E-state index contributed by atoms with van der Waals surface area (Å²) in [5.74, 6) is 3.07. The first-order chi connectivity index (χ1) is 21.7. The number of carbonyl (C=O) groups is 3. The molecule has 5 N–H and O–H groups in total. The van der Waals surface area contributed by atoms with Gasteiger partial charge in [0, 0.05) is 43.6 Å². The second-order valence-electron chi connectivity index (χ2n) is 11.9. The van der Waals surface area contributed by atoms with Crippen LogP contribution in [0.25, 0.3) is 0 Å². The van der Waals surface area contributed by atoms with E-state index in [0.29, 0.717) is 24.8 Å². The number of piperidine rings is 1. The molecule has 0 radical (unpaired) electrons. The lowest BCUT2D eigenvalue weighted by molar-refractivity contribution is -0.150. The Morgan fingerprint density at radius 2 is 1.63 bits per heavy atom. The first-order valence-electron chi connectivity index (χ1n) is 14.5. The van der Waals surface area contributed by atoms with E-state index in [9.17, 15) is 27.9 Å². The molecule has 0 bridgehead atoms. The first kappa shape index (κ1) is 34.1. The molecule has 4 rings (SSSR count). The molecule has 1 saturated heterocycles. The van der Waals surface area contributed by atoms with Crippen molar-refractivity contribution in [3.8, 4) is 5.75 Å². The standard InChI is InChI=1S/C31H38N6O8S/c1-30(2,3)31(28(41)45-32,46(42,43)23-9-6-20(7-10-23)27(39)40)19-35-26(38)21-8-11-24(25(18-21)44-4)37-16-12-22(13-17-37)36-29-33-14-5-15-34-29/h5-11,14-15,18,22H,12-13,16-17,19,32H2,1-4H3,(H,35,38)(H,39,40)(H,33,34,36)/t31-/m0/s1. The predicted molar refractivity (Wildman–Crippen MR) is 169 cm³/mol. The number of aromatic carboxylic acids is 1. The number of nitrogens with zero attached hydrogens (tertiary/aromatic N) is 3. The van der Waals surface area contributed by atoms with Crippen LogP contribution in [-0.4, -0.2) is 78.9 Å². The number of nitrogens with one attached hydrogen (secondary N) is 2. The fraction of sp³-hybridized carbons (Fsp3) is 0.387. The maximum Gasteiger partial charge on any atom is 0.348 e. The minimum atomic E-state index is -4.62. The number of hydrogen-bond acceptors (Lipinski definition) is 12. The van der Waals surface area contributed by atoms with Crippen LogP contribution in [0.3, 0.4) is 0 Å². The summed E-state index contributed by atoms with van der Waals surface area (Å²) in [6, 6.07) is 11.2. The molecule has 2 heterocycles. The normalized spacial score (nSPS) is 15.4. The molecule has 1 aliphatic heterocycles. The van der Waals surface area contributed by atoms with E-state index in [-0.39, 0.29) is 22.1 Å². The third-order valence-corrected chi connectivity index (χ3v) is 10.9. The fourth-order valence-corrected chi connectivity index (χ4v) is 7.76. The third kappa shape index (κ3) is 6.74. The molecule has 0 saturated carbocycles. The van der Waals surface area contributed by atoms with Gasteiger partial charge in [-0.15, -0.1) is 0 Å². The molecule has 1 atom stereocenters. The average Bonchev–Trinajstić information content (AvgIpc) is 3.04. The van der Waals surface area contributed by atoms with E-state index in [0.717, 1.165) is 42.8 Å². The summed E-state index contributed by atoms with van der Waals surface area (Å²) >= 11 is 0. The molecule has 3 aromatic rings. The lowest BCUT2D eigenvalue weighted by atomic mass is 9.79. The first-order valence-corrected chi connectivity index (χ1v) is 16.0. The lowest BCUT2D eigenvalue weighted by Crippen LogP contribution is -2.63. The Kier molecular flexibility index (Phi) is 10.2. The van der Waals surface area contributed by atoms with Crippen LogP contribution >= 0.6 is 0 Å². The highest BCUT2D eigenvalue weighted by Crippen LogP contribution is 2.42. The molecule has 0 spiro atoms. The molecular weight excluding hydrogens is 616 g/mol. The predicted octanol–water partition coefficient (Wildman–Crippen LogP) is 2.67. The second-order valence-corrected chi connectivity index (χ2v) is 14.0. The maximum absolute atomic E-state index is 14.1. The number of amides is 1. The molecule has 1 aromatic heterocycles. The van der Waals surface area contributed by atoms with Gasteiger partial charge < -0.3 is 30.2 Å². The number of carboxylic acid groups (broad SMARTS) is 1. The number of sulfone groups is 1. The highest BCUT2D eigenvalue weighted by Gasteiger charge is 2.61. The Morgan fingerprint density at radius 3 is 2.17 bits per heavy atom. The van der Waals surface area contributed by atoms with Crippen LogP contribution in [0, 0.1) is 5.41 Å². The molecule has 0 unspecified atom stereocenters. The van der Waals surface area contributed by atoms with E-state index in [1.54, 1.807) is 36.7 Å². The van der Waals surface area contributed by atoms with Crippen LogP contribution in [0.5, 0.6) is 5.75 Å². The van der Waals surface area contributed by atoms with Gasteiger partial charge in [0.25, 0.3) is 5.91 Å². The van der Waals surface area contributed by atoms with Crippen molar-refractivity contribution in [2.75, 3.05) is 37.0 Å². The van der Waals surface area contributed by atoms with Crippen LogP contribution in [0.2, 0.25) is 0 Å². The number of anilines is 2. The van der Waals surface area contributed by atoms with E-state index in [1.165, 1.54) is 27.9 Å². The number of methoxy groups -OCH3 is 1. The van der Waals surface area contributed by atoms with Gasteiger partial charge in [0.2, 0.25) is 5.95 Å². The van der Waals surface area contributed by atoms with Crippen molar-refractivity contribution >= 4 is 39.3 Å². The molecule has 46 heavy (non-hydrogen) atoms. The molecule has 1 amide bonds. The van der Waals surface area contributed by atoms with Gasteiger partial charge in [0.15, 0.2) is 14.6 Å². The van der Waals surface area contributed by atoms with Crippen LogP contribution in [0.1, 0.15) is 54.3 Å². The van der Waals surface area contributed by atoms with Gasteiger partial charge in [0.1, 0.15) is 5.75 Å². The zero-order chi connectivity index (χ0) is 33.7. The Balaban J connectivity index is 1.55. The zero-order valence-electron chi connectivity index (χ0n) is 26.0. The van der Waals surface area contributed by atoms with Crippen LogP contribution in [-0.2, 0) is 19.5 Å².